The highest BCUT2D eigenvalue weighted by Crippen LogP contribution is 2.30. The van der Waals surface area contributed by atoms with E-state index >= 15 is 0 Å². The van der Waals surface area contributed by atoms with Crippen LogP contribution >= 0.6 is 0 Å². The Bertz CT molecular complexity index is 1130. The van der Waals surface area contributed by atoms with E-state index in [9.17, 15) is 5.26 Å². The van der Waals surface area contributed by atoms with Gasteiger partial charge in [0.25, 0.3) is 0 Å². The molecule has 3 heterocycles. The molecule has 2 aromatic carbocycles. The minimum Gasteiger partial charge on any atom is -0.489 e. The third-order valence-corrected chi connectivity index (χ3v) is 6.75. The number of nitrogens with zero attached hydrogens (tertiary/aromatic N) is 4. The Kier molecular flexibility index (Phi) is 8.54. The highest BCUT2D eigenvalue weighted by atomic mass is 16.5. The summed E-state index contributed by atoms with van der Waals surface area (Å²) < 4.78 is 17.0. The van der Waals surface area contributed by atoms with Gasteiger partial charge in [-0.05, 0) is 42.0 Å². The van der Waals surface area contributed by atoms with Gasteiger partial charge in [-0.15, -0.1) is 0 Å². The maximum Gasteiger partial charge on any atom is 0.137 e. The number of hydrogen-bond donors (Lipinski definition) is 2. The molecule has 9 nitrogen and oxygen atoms in total. The topological polar surface area (TPSA) is 94.4 Å². The van der Waals surface area contributed by atoms with E-state index in [1.165, 1.54) is 0 Å². The van der Waals surface area contributed by atoms with Crippen LogP contribution in [0.25, 0.3) is 0 Å². The van der Waals surface area contributed by atoms with E-state index in [4.69, 9.17) is 14.2 Å². The van der Waals surface area contributed by atoms with Gasteiger partial charge in [0.2, 0.25) is 0 Å². The number of anilines is 2. The molecule has 5 rings (SSSR count). The zero-order valence-electron chi connectivity index (χ0n) is 21.0. The van der Waals surface area contributed by atoms with Crippen molar-refractivity contribution < 1.29 is 14.2 Å². The summed E-state index contributed by atoms with van der Waals surface area (Å²) in [5.74, 6) is 0.627. The van der Waals surface area contributed by atoms with Gasteiger partial charge in [0, 0.05) is 50.9 Å². The molecular weight excluding hydrogens is 468 g/mol. The third kappa shape index (κ3) is 6.80. The number of morpholine rings is 1. The van der Waals surface area contributed by atoms with Crippen molar-refractivity contribution in [3.05, 3.63) is 65.9 Å². The summed E-state index contributed by atoms with van der Waals surface area (Å²) in [6.07, 6.45) is 7.32. The average Bonchev–Trinajstić information content (AvgIpc) is 2.95. The van der Waals surface area contributed by atoms with Crippen molar-refractivity contribution in [3.63, 3.8) is 0 Å². The minimum atomic E-state index is -0.125. The minimum absolute atomic E-state index is 0.0846. The SMILES string of the molecule is N#Cc1cc(C2C=CN=CN2Nc2cccc(NCCN3CCOCC3)c2)ccc1OC1CCOCC1. The van der Waals surface area contributed by atoms with Crippen molar-refractivity contribution in [1.82, 2.24) is 9.91 Å². The van der Waals surface area contributed by atoms with Crippen molar-refractivity contribution in [3.8, 4) is 11.8 Å². The highest BCUT2D eigenvalue weighted by Gasteiger charge is 2.22. The molecule has 2 aromatic rings. The lowest BCUT2D eigenvalue weighted by Gasteiger charge is -2.31. The summed E-state index contributed by atoms with van der Waals surface area (Å²) in [6, 6.07) is 16.2. The zero-order chi connectivity index (χ0) is 25.3. The molecule has 0 bridgehead atoms. The maximum absolute atomic E-state index is 9.81. The van der Waals surface area contributed by atoms with E-state index in [0.29, 0.717) is 24.5 Å². The second kappa shape index (κ2) is 12.6. The molecule has 2 fully saturated rings. The van der Waals surface area contributed by atoms with Crippen LogP contribution in [0.1, 0.15) is 30.0 Å². The van der Waals surface area contributed by atoms with Gasteiger partial charge >= 0.3 is 0 Å². The smallest absolute Gasteiger partial charge is 0.137 e. The quantitative estimate of drug-likeness (QED) is 0.535. The molecule has 3 aliphatic heterocycles. The van der Waals surface area contributed by atoms with Crippen LogP contribution in [0.15, 0.2) is 59.7 Å². The van der Waals surface area contributed by atoms with Crippen LogP contribution in [0.3, 0.4) is 0 Å². The molecule has 194 valence electrons. The monoisotopic (exact) mass is 502 g/mol. The Hall–Kier alpha value is -3.58. The predicted octanol–water partition coefficient (Wildman–Crippen LogP) is 3.79. The number of hydrazine groups is 1. The molecule has 1 unspecified atom stereocenters. The Labute approximate surface area is 218 Å². The average molecular weight is 503 g/mol. The van der Waals surface area contributed by atoms with Crippen LogP contribution in [0.2, 0.25) is 0 Å². The summed E-state index contributed by atoms with van der Waals surface area (Å²) >= 11 is 0. The highest BCUT2D eigenvalue weighted by molar-refractivity contribution is 5.65. The lowest BCUT2D eigenvalue weighted by atomic mass is 10.0. The van der Waals surface area contributed by atoms with E-state index in [-0.39, 0.29) is 12.1 Å². The van der Waals surface area contributed by atoms with E-state index in [0.717, 1.165) is 69.2 Å². The van der Waals surface area contributed by atoms with Crippen molar-refractivity contribution in [2.24, 2.45) is 4.99 Å². The summed E-state index contributed by atoms with van der Waals surface area (Å²) in [6.45, 7) is 6.86. The largest absolute Gasteiger partial charge is 0.489 e. The van der Waals surface area contributed by atoms with Gasteiger partial charge in [0.05, 0.1) is 43.7 Å². The summed E-state index contributed by atoms with van der Waals surface area (Å²) in [5, 5.41) is 15.3. The number of rotatable bonds is 9. The molecule has 0 amide bonds. The Morgan fingerprint density at radius 1 is 1.03 bits per heavy atom. The normalized spacial score (nSPS) is 20.4. The lowest BCUT2D eigenvalue weighted by molar-refractivity contribution is 0.0254. The lowest BCUT2D eigenvalue weighted by Crippen LogP contribution is -2.39. The third-order valence-electron chi connectivity index (χ3n) is 6.75. The number of nitrogens with one attached hydrogen (secondary N) is 2. The van der Waals surface area contributed by atoms with E-state index in [1.54, 1.807) is 12.5 Å². The zero-order valence-corrected chi connectivity index (χ0v) is 21.0. The predicted molar refractivity (Wildman–Crippen MR) is 144 cm³/mol. The maximum atomic E-state index is 9.81. The summed E-state index contributed by atoms with van der Waals surface area (Å²) in [7, 11) is 0. The molecule has 2 N–H and O–H groups in total. The van der Waals surface area contributed by atoms with Crippen molar-refractivity contribution in [2.45, 2.75) is 25.0 Å². The van der Waals surface area contributed by atoms with Crippen LogP contribution < -0.4 is 15.5 Å². The number of nitriles is 1. The molecule has 0 saturated carbocycles. The fourth-order valence-corrected chi connectivity index (χ4v) is 4.70. The molecular formula is C28H34N6O3. The second-order valence-electron chi connectivity index (χ2n) is 9.33. The number of ether oxygens (including phenoxy) is 3. The van der Waals surface area contributed by atoms with Gasteiger partial charge in [-0.1, -0.05) is 12.1 Å². The first-order valence-electron chi connectivity index (χ1n) is 13.0. The van der Waals surface area contributed by atoms with Gasteiger partial charge in [-0.25, -0.2) is 4.99 Å². The molecule has 0 aliphatic carbocycles. The van der Waals surface area contributed by atoms with Gasteiger partial charge in [0.15, 0.2) is 0 Å². The van der Waals surface area contributed by atoms with Crippen LogP contribution in [0, 0.1) is 11.3 Å². The first kappa shape index (κ1) is 25.1. The van der Waals surface area contributed by atoms with Crippen LogP contribution in [0.4, 0.5) is 11.4 Å². The molecule has 0 radical (unpaired) electrons. The van der Waals surface area contributed by atoms with E-state index in [2.05, 4.69) is 38.8 Å². The molecule has 1 atom stereocenters. The van der Waals surface area contributed by atoms with Gasteiger partial charge in [-0.3, -0.25) is 15.3 Å². The van der Waals surface area contributed by atoms with Crippen LogP contribution in [-0.4, -0.2) is 75.0 Å². The molecule has 0 aromatic heterocycles. The van der Waals surface area contributed by atoms with Gasteiger partial charge in [-0.2, -0.15) is 5.26 Å². The molecule has 3 aliphatic rings. The summed E-state index contributed by atoms with van der Waals surface area (Å²) in [4.78, 5) is 6.73. The molecule has 9 heteroatoms. The number of benzene rings is 2. The number of aliphatic imine (C=N–C) groups is 1. The second-order valence-corrected chi connectivity index (χ2v) is 9.33. The first-order valence-corrected chi connectivity index (χ1v) is 13.0. The Balaban J connectivity index is 1.23. The fraction of sp³-hybridized carbons (Fsp3) is 0.429. The van der Waals surface area contributed by atoms with E-state index < -0.39 is 0 Å². The summed E-state index contributed by atoms with van der Waals surface area (Å²) in [5.41, 5.74) is 6.98. The molecule has 2 saturated heterocycles. The van der Waals surface area contributed by atoms with Gasteiger partial charge < -0.3 is 19.5 Å². The molecule has 0 spiro atoms. The first-order chi connectivity index (χ1) is 18.3. The van der Waals surface area contributed by atoms with Gasteiger partial charge in [0.1, 0.15) is 24.3 Å². The van der Waals surface area contributed by atoms with Crippen molar-refractivity contribution in [2.75, 3.05) is 63.3 Å². The Morgan fingerprint density at radius 2 is 1.84 bits per heavy atom. The number of hydrogen-bond acceptors (Lipinski definition) is 9. The van der Waals surface area contributed by atoms with Crippen LogP contribution in [0.5, 0.6) is 5.75 Å². The standard InChI is InChI=1S/C28H34N6O3/c29-20-23-18-22(4-5-28(23)37-26-7-14-35-15-8-26)27-6-9-30-21-34(27)32-25-3-1-2-24(19-25)31-10-11-33-12-16-36-17-13-33/h1-6,9,18-19,21,26-27,31-32H,7-8,10-17H2. The van der Waals surface area contributed by atoms with Crippen molar-refractivity contribution >= 4 is 17.7 Å². The van der Waals surface area contributed by atoms with E-state index in [1.807, 2.05) is 41.4 Å². The fourth-order valence-electron chi connectivity index (χ4n) is 4.70. The Morgan fingerprint density at radius 3 is 2.68 bits per heavy atom. The molecule has 37 heavy (non-hydrogen) atoms. The van der Waals surface area contributed by atoms with Crippen LogP contribution in [-0.2, 0) is 9.47 Å². The van der Waals surface area contributed by atoms with Crippen molar-refractivity contribution in [1.29, 1.82) is 5.26 Å².